The van der Waals surface area contributed by atoms with Gasteiger partial charge in [0.1, 0.15) is 23.4 Å². The van der Waals surface area contributed by atoms with Crippen molar-refractivity contribution in [2.75, 3.05) is 17.5 Å². The van der Waals surface area contributed by atoms with E-state index in [2.05, 4.69) is 5.16 Å². The highest BCUT2D eigenvalue weighted by Crippen LogP contribution is 2.58. The van der Waals surface area contributed by atoms with Gasteiger partial charge in [-0.25, -0.2) is 27.4 Å². The Morgan fingerprint density at radius 3 is 2.67 bits per heavy atom. The number of anilines is 1. The van der Waals surface area contributed by atoms with E-state index in [-0.39, 0.29) is 71.3 Å². The van der Waals surface area contributed by atoms with Crippen LogP contribution in [0.2, 0.25) is 10.0 Å². The van der Waals surface area contributed by atoms with E-state index in [9.17, 15) is 18.7 Å². The third-order valence-electron chi connectivity index (χ3n) is 8.82. The van der Waals surface area contributed by atoms with Crippen LogP contribution in [-0.2, 0) is 11.3 Å². The first-order valence-corrected chi connectivity index (χ1v) is 15.5. The molecule has 2 bridgehead atoms. The van der Waals surface area contributed by atoms with Crippen molar-refractivity contribution in [3.8, 4) is 11.3 Å². The molecule has 4 heterocycles. The van der Waals surface area contributed by atoms with Crippen LogP contribution in [0.4, 0.5) is 23.2 Å². The number of hydrazine groups is 1. The number of alkyl halides is 3. The van der Waals surface area contributed by atoms with Gasteiger partial charge in [-0.1, -0.05) is 34.4 Å². The third kappa shape index (κ3) is 4.89. The minimum Gasteiger partial charge on any atom is -0.478 e. The number of aromatic carboxylic acids is 1. The number of piperidine rings is 1. The molecular formula is C29H25Cl2F4N3O4S. The molecule has 0 radical (unpaired) electrons. The van der Waals surface area contributed by atoms with Crippen LogP contribution in [0.5, 0.6) is 0 Å². The Balaban J connectivity index is 1.19. The summed E-state index contributed by atoms with van der Waals surface area (Å²) in [5, 5.41) is 17.8. The number of aromatic nitrogens is 1. The molecule has 1 N–H and O–H groups in total. The lowest BCUT2D eigenvalue weighted by Gasteiger charge is -2.50. The van der Waals surface area contributed by atoms with Crippen molar-refractivity contribution in [2.24, 2.45) is 0 Å². The normalized spacial score (nSPS) is 27.5. The highest BCUT2D eigenvalue weighted by atomic mass is 35.5. The lowest BCUT2D eigenvalue weighted by molar-refractivity contribution is -0.0544. The molecule has 43 heavy (non-hydrogen) atoms. The van der Waals surface area contributed by atoms with E-state index < -0.39 is 35.3 Å². The molecule has 1 aliphatic carbocycles. The quantitative estimate of drug-likeness (QED) is 0.245. The number of carboxylic acid groups (broad SMARTS) is 1. The Kier molecular flexibility index (Phi) is 7.16. The summed E-state index contributed by atoms with van der Waals surface area (Å²) in [6, 6.07) is 7.09. The van der Waals surface area contributed by atoms with E-state index in [1.54, 1.807) is 23.2 Å². The molecular weight excluding hydrogens is 633 g/mol. The molecule has 4 aliphatic rings. The predicted molar refractivity (Wildman–Crippen MR) is 152 cm³/mol. The van der Waals surface area contributed by atoms with Gasteiger partial charge in [0.2, 0.25) is 0 Å². The van der Waals surface area contributed by atoms with Gasteiger partial charge in [0.05, 0.1) is 46.2 Å². The minimum atomic E-state index is -2.93. The van der Waals surface area contributed by atoms with Crippen molar-refractivity contribution in [3.63, 3.8) is 0 Å². The van der Waals surface area contributed by atoms with Gasteiger partial charge in [-0.05, 0) is 43.5 Å². The van der Waals surface area contributed by atoms with Crippen LogP contribution in [0.25, 0.3) is 11.3 Å². The van der Waals surface area contributed by atoms with Crippen LogP contribution in [0.1, 0.15) is 59.7 Å². The van der Waals surface area contributed by atoms with E-state index in [1.165, 1.54) is 17.8 Å². The zero-order chi connectivity index (χ0) is 30.3. The molecule has 4 atom stereocenters. The lowest BCUT2D eigenvalue weighted by atomic mass is 9.89. The fraction of sp³-hybridized carbons (Fsp3) is 0.448. The average Bonchev–Trinajstić information content (AvgIpc) is 3.24. The maximum atomic E-state index is 15.3. The van der Waals surface area contributed by atoms with E-state index in [1.807, 2.05) is 5.01 Å². The number of carbonyl (C=O) groups is 1. The van der Waals surface area contributed by atoms with Gasteiger partial charge in [0, 0.05) is 34.9 Å². The number of benzene rings is 2. The smallest absolute Gasteiger partial charge is 0.335 e. The Morgan fingerprint density at radius 1 is 1.23 bits per heavy atom. The molecule has 1 saturated carbocycles. The Labute approximate surface area is 258 Å². The largest absolute Gasteiger partial charge is 0.478 e. The standard InChI is InChI=1S/C29H25Cl2F4N3O4S/c30-19-2-1-3-20(31)23(19)24-17(26(42-36-24)18-10-29(18,34)35)11-41-12-28-5-4-16(8-15(32)9-28)38(28)37-13-43-22-7-14(27(39)40)6-21(33)25(22)37/h1-3,6-7,15-16,18H,4-5,8-13H2,(H,39,40). The molecule has 2 saturated heterocycles. The zero-order valence-electron chi connectivity index (χ0n) is 22.5. The maximum Gasteiger partial charge on any atom is 0.335 e. The predicted octanol–water partition coefficient (Wildman–Crippen LogP) is 7.94. The van der Waals surface area contributed by atoms with Crippen LogP contribution in [0.15, 0.2) is 39.8 Å². The monoisotopic (exact) mass is 657 g/mol. The van der Waals surface area contributed by atoms with Gasteiger partial charge in [-0.2, -0.15) is 0 Å². The second-order valence-corrected chi connectivity index (χ2v) is 13.4. The van der Waals surface area contributed by atoms with Crippen LogP contribution in [0.3, 0.4) is 0 Å². The fourth-order valence-electron chi connectivity index (χ4n) is 6.83. The van der Waals surface area contributed by atoms with Crippen LogP contribution < -0.4 is 5.01 Å². The number of ether oxygens (including phenoxy) is 1. The van der Waals surface area contributed by atoms with Crippen LogP contribution in [0, 0.1) is 5.82 Å². The van der Waals surface area contributed by atoms with Crippen LogP contribution >= 0.6 is 35.0 Å². The van der Waals surface area contributed by atoms with Crippen molar-refractivity contribution in [3.05, 3.63) is 63.1 Å². The van der Waals surface area contributed by atoms with Gasteiger partial charge in [-0.15, -0.1) is 11.8 Å². The molecule has 228 valence electrons. The summed E-state index contributed by atoms with van der Waals surface area (Å²) in [6.45, 7) is -0.141. The molecule has 7 nitrogen and oxygen atoms in total. The second-order valence-electron chi connectivity index (χ2n) is 11.6. The van der Waals surface area contributed by atoms with E-state index in [0.29, 0.717) is 34.7 Å². The number of hydrogen-bond donors (Lipinski definition) is 1. The first-order chi connectivity index (χ1) is 20.5. The molecule has 4 unspecified atom stereocenters. The summed E-state index contributed by atoms with van der Waals surface area (Å²) < 4.78 is 70.4. The van der Waals surface area contributed by atoms with Gasteiger partial charge < -0.3 is 14.4 Å². The molecule has 3 aromatic rings. The molecule has 7 rings (SSSR count). The van der Waals surface area contributed by atoms with Crippen molar-refractivity contribution < 1.29 is 36.7 Å². The van der Waals surface area contributed by atoms with Crippen molar-refractivity contribution >= 4 is 46.6 Å². The molecule has 0 spiro atoms. The van der Waals surface area contributed by atoms with Gasteiger partial charge >= 0.3 is 5.97 Å². The highest BCUT2D eigenvalue weighted by molar-refractivity contribution is 7.99. The molecule has 1 aromatic heterocycles. The number of rotatable bonds is 8. The van der Waals surface area contributed by atoms with Crippen molar-refractivity contribution in [2.45, 2.75) is 73.2 Å². The lowest BCUT2D eigenvalue weighted by Crippen LogP contribution is -2.62. The first-order valence-electron chi connectivity index (χ1n) is 13.8. The van der Waals surface area contributed by atoms with E-state index in [4.69, 9.17) is 32.5 Å². The first kappa shape index (κ1) is 29.2. The van der Waals surface area contributed by atoms with Gasteiger partial charge in [0.15, 0.2) is 5.76 Å². The number of hydrogen-bond acceptors (Lipinski definition) is 7. The van der Waals surface area contributed by atoms with Crippen molar-refractivity contribution in [1.82, 2.24) is 10.2 Å². The number of thioether (sulfide) groups is 1. The maximum absolute atomic E-state index is 15.3. The number of fused-ring (bicyclic) bond motifs is 3. The SMILES string of the molecule is O=C(O)c1cc(F)c2c(c1)SCN2N1C2CCC1(COCc1c(-c3c(Cl)cccc3Cl)noc1C1CC1(F)F)CC(F)C2. The summed E-state index contributed by atoms with van der Waals surface area (Å²) in [6.07, 6.45) is 0.153. The van der Waals surface area contributed by atoms with Crippen molar-refractivity contribution in [1.29, 1.82) is 0 Å². The molecule has 3 aliphatic heterocycles. The fourth-order valence-corrected chi connectivity index (χ4v) is 8.47. The zero-order valence-corrected chi connectivity index (χ0v) is 24.8. The number of nitrogens with zero attached hydrogens (tertiary/aromatic N) is 3. The molecule has 0 amide bonds. The molecule has 3 fully saturated rings. The summed E-state index contributed by atoms with van der Waals surface area (Å²) in [4.78, 5) is 12.0. The third-order valence-corrected chi connectivity index (χ3v) is 10.4. The second kappa shape index (κ2) is 10.5. The summed E-state index contributed by atoms with van der Waals surface area (Å²) in [7, 11) is 0. The Bertz CT molecular complexity index is 1610. The minimum absolute atomic E-state index is 0.00262. The van der Waals surface area contributed by atoms with E-state index >= 15 is 8.78 Å². The molecule has 2 aromatic carbocycles. The number of halogens is 6. The Hall–Kier alpha value is -2.51. The van der Waals surface area contributed by atoms with Crippen LogP contribution in [-0.4, -0.2) is 57.4 Å². The Morgan fingerprint density at radius 2 is 1.98 bits per heavy atom. The summed E-state index contributed by atoms with van der Waals surface area (Å²) in [5.41, 5.74) is 0.126. The molecule has 14 heteroatoms. The average molecular weight is 659 g/mol. The topological polar surface area (TPSA) is 79.0 Å². The summed E-state index contributed by atoms with van der Waals surface area (Å²) in [5.74, 6) is -5.65. The van der Waals surface area contributed by atoms with Gasteiger partial charge in [-0.3, -0.25) is 5.01 Å². The van der Waals surface area contributed by atoms with Gasteiger partial charge in [0.25, 0.3) is 5.92 Å². The highest BCUT2D eigenvalue weighted by Gasteiger charge is 2.61. The summed E-state index contributed by atoms with van der Waals surface area (Å²) >= 11 is 14.1. The van der Waals surface area contributed by atoms with E-state index in [0.717, 1.165) is 6.07 Å². The number of carboxylic acids is 1.